The molecule has 5 rings (SSSR count). The second-order valence-corrected chi connectivity index (χ2v) is 12.9. The third kappa shape index (κ3) is 2.76. The van der Waals surface area contributed by atoms with Crippen molar-refractivity contribution >= 4 is 11.8 Å². The molecule has 0 amide bonds. The van der Waals surface area contributed by atoms with Gasteiger partial charge in [-0.2, -0.15) is 0 Å². The summed E-state index contributed by atoms with van der Waals surface area (Å²) in [7, 11) is 0. The summed E-state index contributed by atoms with van der Waals surface area (Å²) in [6.45, 7) is 13.3. The van der Waals surface area contributed by atoms with E-state index in [0.717, 1.165) is 37.7 Å². The van der Waals surface area contributed by atoms with Gasteiger partial charge in [-0.05, 0) is 59.3 Å². The highest BCUT2D eigenvalue weighted by Crippen LogP contribution is 2.73. The highest BCUT2D eigenvalue weighted by Gasteiger charge is 2.71. The van der Waals surface area contributed by atoms with Crippen molar-refractivity contribution in [3.63, 3.8) is 0 Å². The predicted molar refractivity (Wildman–Crippen MR) is 120 cm³/mol. The SMILES string of the molecule is CC(=O)O[C@H]1C[C@H]2[C@@]3(C)CCCC(C)(C)[C@@H]3C(=O)C[C@@]2(C)[C@@H]2CC=C3CO[C@@H](O)[C@H]3[C@@]12C. The van der Waals surface area contributed by atoms with Crippen molar-refractivity contribution in [2.45, 2.75) is 92.5 Å². The fourth-order valence-electron chi connectivity index (χ4n) is 9.97. The first-order valence-corrected chi connectivity index (χ1v) is 12.5. The molecule has 1 N–H and O–H groups in total. The van der Waals surface area contributed by atoms with E-state index in [2.05, 4.69) is 40.7 Å². The van der Waals surface area contributed by atoms with E-state index < -0.39 is 11.7 Å². The molecule has 4 aliphatic carbocycles. The number of hydrogen-bond acceptors (Lipinski definition) is 5. The number of rotatable bonds is 1. The number of allylic oxidation sites excluding steroid dienone is 1. The molecule has 4 fully saturated rings. The number of carbonyl (C=O) groups is 2. The number of Topliss-reactive ketones (excluding diaryl/α,β-unsaturated/α-hetero) is 1. The van der Waals surface area contributed by atoms with E-state index in [1.807, 2.05) is 0 Å². The summed E-state index contributed by atoms with van der Waals surface area (Å²) in [6.07, 6.45) is 6.55. The largest absolute Gasteiger partial charge is 0.462 e. The predicted octanol–water partition coefficient (Wildman–Crippen LogP) is 4.67. The van der Waals surface area contributed by atoms with E-state index in [0.29, 0.717) is 24.7 Å². The zero-order chi connectivity index (χ0) is 23.3. The lowest BCUT2D eigenvalue weighted by Gasteiger charge is -2.70. The average molecular weight is 445 g/mol. The van der Waals surface area contributed by atoms with Crippen LogP contribution in [0, 0.1) is 45.3 Å². The fraction of sp³-hybridized carbons (Fsp3) is 0.852. The van der Waals surface area contributed by atoms with E-state index in [1.165, 1.54) is 6.92 Å². The number of aliphatic hydroxyl groups excluding tert-OH is 1. The first kappa shape index (κ1) is 22.6. The maximum absolute atomic E-state index is 13.9. The molecule has 1 heterocycles. The van der Waals surface area contributed by atoms with E-state index in [4.69, 9.17) is 9.47 Å². The minimum absolute atomic E-state index is 0.00177. The summed E-state index contributed by atoms with van der Waals surface area (Å²) < 4.78 is 11.8. The number of fused-ring (bicyclic) bond motifs is 7. The molecule has 9 atom stereocenters. The Morgan fingerprint density at radius 1 is 1.12 bits per heavy atom. The lowest BCUT2D eigenvalue weighted by Crippen LogP contribution is -2.69. The number of ketones is 1. The van der Waals surface area contributed by atoms with Crippen LogP contribution in [-0.4, -0.2) is 35.9 Å². The van der Waals surface area contributed by atoms with Gasteiger partial charge in [0.15, 0.2) is 6.29 Å². The molecule has 0 unspecified atom stereocenters. The lowest BCUT2D eigenvalue weighted by molar-refractivity contribution is -0.246. The Kier molecular flexibility index (Phi) is 4.88. The van der Waals surface area contributed by atoms with Gasteiger partial charge in [0.05, 0.1) is 6.61 Å². The fourth-order valence-corrected chi connectivity index (χ4v) is 9.97. The summed E-state index contributed by atoms with van der Waals surface area (Å²) in [5, 5.41) is 10.8. The highest BCUT2D eigenvalue weighted by atomic mass is 16.6. The van der Waals surface area contributed by atoms with Gasteiger partial charge in [0, 0.05) is 30.6 Å². The number of esters is 1. The molecule has 0 radical (unpaired) electrons. The standard InChI is InChI=1S/C27H40O5/c1-15(28)32-20-12-19-25(4)11-7-10-24(2,3)22(25)17(29)13-26(19,5)18-9-8-16-14-31-23(30)21(16)27(18,20)6/h8,18-23,30H,7,9-14H2,1-6H3/t18-,19-,20-,21-,22-,23+,25+,26-,27+/m0/s1. The van der Waals surface area contributed by atoms with Crippen LogP contribution in [0.1, 0.15) is 80.1 Å². The number of carbonyl (C=O) groups excluding carboxylic acids is 2. The van der Waals surface area contributed by atoms with Crippen LogP contribution in [0.2, 0.25) is 0 Å². The Balaban J connectivity index is 1.66. The molecule has 1 saturated heterocycles. The van der Waals surface area contributed by atoms with Gasteiger partial charge < -0.3 is 14.6 Å². The van der Waals surface area contributed by atoms with E-state index in [9.17, 15) is 14.7 Å². The second kappa shape index (κ2) is 6.91. The molecule has 32 heavy (non-hydrogen) atoms. The average Bonchev–Trinajstić information content (AvgIpc) is 3.04. The molecule has 1 aliphatic heterocycles. The molecule has 5 nitrogen and oxygen atoms in total. The monoisotopic (exact) mass is 444 g/mol. The molecule has 0 aromatic heterocycles. The van der Waals surface area contributed by atoms with Gasteiger partial charge in [0.25, 0.3) is 0 Å². The van der Waals surface area contributed by atoms with Crippen LogP contribution < -0.4 is 0 Å². The smallest absolute Gasteiger partial charge is 0.302 e. The van der Waals surface area contributed by atoms with Crippen LogP contribution in [0.15, 0.2) is 11.6 Å². The van der Waals surface area contributed by atoms with Crippen LogP contribution >= 0.6 is 0 Å². The topological polar surface area (TPSA) is 72.8 Å². The highest BCUT2D eigenvalue weighted by molar-refractivity contribution is 5.85. The summed E-state index contributed by atoms with van der Waals surface area (Å²) in [5.41, 5.74) is 0.384. The first-order chi connectivity index (χ1) is 14.9. The van der Waals surface area contributed by atoms with Crippen LogP contribution in [0.25, 0.3) is 0 Å². The van der Waals surface area contributed by atoms with Crippen LogP contribution in [0.3, 0.4) is 0 Å². The summed E-state index contributed by atoms with van der Waals surface area (Å²) in [6, 6.07) is 0. The summed E-state index contributed by atoms with van der Waals surface area (Å²) >= 11 is 0. The van der Waals surface area contributed by atoms with Crippen LogP contribution in [-0.2, 0) is 19.1 Å². The van der Waals surface area contributed by atoms with Crippen LogP contribution in [0.5, 0.6) is 0 Å². The normalized spacial score (nSPS) is 51.6. The minimum atomic E-state index is -0.886. The third-order valence-corrected chi connectivity index (χ3v) is 10.8. The Bertz CT molecular complexity index is 875. The lowest BCUT2D eigenvalue weighted by atomic mass is 9.34. The zero-order valence-electron chi connectivity index (χ0n) is 20.6. The van der Waals surface area contributed by atoms with Crippen molar-refractivity contribution in [1.29, 1.82) is 0 Å². The molecule has 0 aromatic carbocycles. The number of aliphatic hydroxyl groups is 1. The molecule has 5 aliphatic rings. The van der Waals surface area contributed by atoms with Crippen LogP contribution in [0.4, 0.5) is 0 Å². The molecular weight excluding hydrogens is 404 g/mol. The van der Waals surface area contributed by atoms with Gasteiger partial charge in [0.1, 0.15) is 11.9 Å². The van der Waals surface area contributed by atoms with Crippen molar-refractivity contribution in [3.05, 3.63) is 11.6 Å². The van der Waals surface area contributed by atoms with Gasteiger partial charge in [-0.1, -0.05) is 47.1 Å². The van der Waals surface area contributed by atoms with Crippen molar-refractivity contribution in [3.8, 4) is 0 Å². The Hall–Kier alpha value is -1.20. The van der Waals surface area contributed by atoms with Gasteiger partial charge in [-0.25, -0.2) is 0 Å². The van der Waals surface area contributed by atoms with Crippen molar-refractivity contribution in [1.82, 2.24) is 0 Å². The zero-order valence-corrected chi connectivity index (χ0v) is 20.6. The molecule has 0 bridgehead atoms. The molecule has 3 saturated carbocycles. The Labute approximate surface area is 192 Å². The summed E-state index contributed by atoms with van der Waals surface area (Å²) in [4.78, 5) is 26.1. The van der Waals surface area contributed by atoms with Crippen molar-refractivity contribution < 1.29 is 24.2 Å². The van der Waals surface area contributed by atoms with Gasteiger partial charge in [-0.3, -0.25) is 9.59 Å². The van der Waals surface area contributed by atoms with E-state index >= 15 is 0 Å². The summed E-state index contributed by atoms with van der Waals surface area (Å²) in [5.74, 6) is 0.470. The van der Waals surface area contributed by atoms with Crippen molar-refractivity contribution in [2.24, 2.45) is 45.3 Å². The van der Waals surface area contributed by atoms with E-state index in [1.54, 1.807) is 0 Å². The minimum Gasteiger partial charge on any atom is -0.462 e. The maximum atomic E-state index is 13.9. The van der Waals surface area contributed by atoms with E-state index in [-0.39, 0.29) is 46.1 Å². The van der Waals surface area contributed by atoms with Crippen molar-refractivity contribution in [2.75, 3.05) is 6.61 Å². The molecule has 178 valence electrons. The molecule has 0 aromatic rings. The van der Waals surface area contributed by atoms with Gasteiger partial charge in [-0.15, -0.1) is 0 Å². The third-order valence-electron chi connectivity index (χ3n) is 10.8. The van der Waals surface area contributed by atoms with Gasteiger partial charge >= 0.3 is 5.97 Å². The Morgan fingerprint density at radius 3 is 2.53 bits per heavy atom. The molecule has 0 spiro atoms. The quantitative estimate of drug-likeness (QED) is 0.470. The first-order valence-electron chi connectivity index (χ1n) is 12.5. The maximum Gasteiger partial charge on any atom is 0.302 e. The molecular formula is C27H40O5. The Morgan fingerprint density at radius 2 is 1.84 bits per heavy atom. The molecule has 5 heteroatoms. The number of ether oxygens (including phenoxy) is 2. The van der Waals surface area contributed by atoms with Gasteiger partial charge in [0.2, 0.25) is 0 Å². The second-order valence-electron chi connectivity index (χ2n) is 12.9. The number of hydrogen-bond donors (Lipinski definition) is 1.